The molecule has 5 nitrogen and oxygen atoms in total. The molecule has 172 valence electrons. The van der Waals surface area contributed by atoms with Crippen molar-refractivity contribution in [3.8, 4) is 11.5 Å². The number of benzene rings is 4. The molecule has 2 aromatic heterocycles. The summed E-state index contributed by atoms with van der Waals surface area (Å²) < 4.78 is 25.2. The SMILES string of the molecule is CC1(C)OB(c2cccc3cc4oc5ccc6oc(-c7ccccc7)nc6c5c4cc23)OC1(C)C. The molecule has 0 unspecified atom stereocenters. The Hall–Kier alpha value is -3.61. The highest BCUT2D eigenvalue weighted by atomic mass is 16.7. The Balaban J connectivity index is 1.47. The van der Waals surface area contributed by atoms with Gasteiger partial charge in [-0.2, -0.15) is 0 Å². The van der Waals surface area contributed by atoms with E-state index in [0.29, 0.717) is 5.89 Å². The summed E-state index contributed by atoms with van der Waals surface area (Å²) in [7, 11) is -0.448. The number of furan rings is 1. The average Bonchev–Trinajstić information content (AvgIpc) is 3.48. The fourth-order valence-corrected chi connectivity index (χ4v) is 4.93. The lowest BCUT2D eigenvalue weighted by Gasteiger charge is -2.32. The van der Waals surface area contributed by atoms with E-state index in [1.165, 1.54) is 0 Å². The highest BCUT2D eigenvalue weighted by molar-refractivity contribution is 6.65. The second kappa shape index (κ2) is 6.97. The summed E-state index contributed by atoms with van der Waals surface area (Å²) in [6.07, 6.45) is 0. The largest absolute Gasteiger partial charge is 0.495 e. The van der Waals surface area contributed by atoms with Crippen molar-refractivity contribution in [1.82, 2.24) is 4.98 Å². The molecule has 1 fully saturated rings. The molecule has 0 bridgehead atoms. The first kappa shape index (κ1) is 20.7. The molecule has 0 amide bonds. The maximum Gasteiger partial charge on any atom is 0.495 e. The first-order valence-electron chi connectivity index (χ1n) is 11.9. The molecule has 1 saturated heterocycles. The lowest BCUT2D eigenvalue weighted by Crippen LogP contribution is -2.41. The van der Waals surface area contributed by atoms with Gasteiger partial charge < -0.3 is 18.1 Å². The standard InChI is InChI=1S/C29H24BNO4/c1-28(2)29(3,4)35-30(34-28)21-12-8-11-18-15-24-20(16-19(18)21)25-22(32-24)13-14-23-26(25)31-27(33-23)17-9-6-5-7-10-17/h5-16H,1-4H3. The number of nitrogens with zero attached hydrogens (tertiary/aromatic N) is 1. The smallest absolute Gasteiger partial charge is 0.456 e. The minimum Gasteiger partial charge on any atom is -0.456 e. The van der Waals surface area contributed by atoms with Gasteiger partial charge in [-0.05, 0) is 80.3 Å². The van der Waals surface area contributed by atoms with Crippen LogP contribution in [0.4, 0.5) is 0 Å². The predicted octanol–water partition coefficient (Wildman–Crippen LogP) is 6.85. The molecule has 7 rings (SSSR count). The number of rotatable bonds is 2. The molecule has 1 aliphatic rings. The Morgan fingerprint density at radius 3 is 2.20 bits per heavy atom. The summed E-state index contributed by atoms with van der Waals surface area (Å²) >= 11 is 0. The van der Waals surface area contributed by atoms with Gasteiger partial charge in [0.15, 0.2) is 5.58 Å². The number of hydrogen-bond acceptors (Lipinski definition) is 5. The maximum atomic E-state index is 6.39. The van der Waals surface area contributed by atoms with E-state index < -0.39 is 18.3 Å². The minimum atomic E-state index is -0.448. The lowest BCUT2D eigenvalue weighted by molar-refractivity contribution is 0.00578. The van der Waals surface area contributed by atoms with Crippen LogP contribution in [0.3, 0.4) is 0 Å². The van der Waals surface area contributed by atoms with Crippen LogP contribution in [-0.2, 0) is 9.31 Å². The topological polar surface area (TPSA) is 57.6 Å². The molecule has 6 aromatic rings. The summed E-state index contributed by atoms with van der Waals surface area (Å²) in [6, 6.07) is 24.3. The Kier molecular flexibility index (Phi) is 4.13. The third-order valence-corrected chi connectivity index (χ3v) is 7.55. The van der Waals surface area contributed by atoms with Gasteiger partial charge in [-0.1, -0.05) is 36.4 Å². The van der Waals surface area contributed by atoms with Crippen molar-refractivity contribution < 1.29 is 18.1 Å². The van der Waals surface area contributed by atoms with Crippen molar-refractivity contribution in [2.24, 2.45) is 0 Å². The zero-order valence-electron chi connectivity index (χ0n) is 20.1. The maximum absolute atomic E-state index is 6.39. The number of hydrogen-bond donors (Lipinski definition) is 0. The quantitative estimate of drug-likeness (QED) is 0.264. The molecule has 0 atom stereocenters. The molecule has 0 saturated carbocycles. The van der Waals surface area contributed by atoms with Crippen LogP contribution in [0.1, 0.15) is 27.7 Å². The third-order valence-electron chi connectivity index (χ3n) is 7.55. The van der Waals surface area contributed by atoms with Crippen molar-refractivity contribution in [1.29, 1.82) is 0 Å². The lowest BCUT2D eigenvalue weighted by atomic mass is 9.76. The van der Waals surface area contributed by atoms with E-state index in [-0.39, 0.29) is 0 Å². The van der Waals surface area contributed by atoms with Crippen LogP contribution in [0.2, 0.25) is 0 Å². The second-order valence-electron chi connectivity index (χ2n) is 10.3. The van der Waals surface area contributed by atoms with E-state index in [1.54, 1.807) is 0 Å². The van der Waals surface area contributed by atoms with Gasteiger partial charge >= 0.3 is 7.12 Å². The fraction of sp³-hybridized carbons (Fsp3) is 0.207. The van der Waals surface area contributed by atoms with Crippen LogP contribution in [0.15, 0.2) is 81.6 Å². The summed E-state index contributed by atoms with van der Waals surface area (Å²) in [5.74, 6) is 0.598. The minimum absolute atomic E-state index is 0.410. The zero-order chi connectivity index (χ0) is 23.9. The Morgan fingerprint density at radius 1 is 0.686 bits per heavy atom. The van der Waals surface area contributed by atoms with Gasteiger partial charge in [0, 0.05) is 10.9 Å². The highest BCUT2D eigenvalue weighted by Gasteiger charge is 2.52. The highest BCUT2D eigenvalue weighted by Crippen LogP contribution is 2.39. The Morgan fingerprint density at radius 2 is 1.43 bits per heavy atom. The third kappa shape index (κ3) is 3.00. The number of fused-ring (bicyclic) bond motifs is 6. The normalized spacial score (nSPS) is 17.3. The Bertz CT molecular complexity index is 1750. The van der Waals surface area contributed by atoms with Crippen LogP contribution in [-0.4, -0.2) is 23.3 Å². The molecule has 0 radical (unpaired) electrons. The molecule has 1 aliphatic heterocycles. The monoisotopic (exact) mass is 461 g/mol. The van der Waals surface area contributed by atoms with Crippen LogP contribution in [0.5, 0.6) is 0 Å². The fourth-order valence-electron chi connectivity index (χ4n) is 4.93. The van der Waals surface area contributed by atoms with Crippen molar-refractivity contribution in [2.75, 3.05) is 0 Å². The first-order valence-corrected chi connectivity index (χ1v) is 11.9. The summed E-state index contributed by atoms with van der Waals surface area (Å²) in [4.78, 5) is 4.88. The Labute approximate surface area is 202 Å². The van der Waals surface area contributed by atoms with Crippen LogP contribution >= 0.6 is 0 Å². The van der Waals surface area contributed by atoms with Gasteiger partial charge in [0.1, 0.15) is 16.7 Å². The van der Waals surface area contributed by atoms with E-state index in [0.717, 1.165) is 54.8 Å². The van der Waals surface area contributed by atoms with Crippen molar-refractivity contribution in [3.05, 3.63) is 72.8 Å². The van der Waals surface area contributed by atoms with Gasteiger partial charge in [-0.25, -0.2) is 4.98 Å². The summed E-state index contributed by atoms with van der Waals surface area (Å²) in [5.41, 5.74) is 4.27. The van der Waals surface area contributed by atoms with Gasteiger partial charge in [0.2, 0.25) is 5.89 Å². The summed E-state index contributed by atoms with van der Waals surface area (Å²) in [5, 5.41) is 4.10. The van der Waals surface area contributed by atoms with Crippen molar-refractivity contribution >= 4 is 56.4 Å². The van der Waals surface area contributed by atoms with Gasteiger partial charge in [0.25, 0.3) is 0 Å². The molecular formula is C29H24BNO4. The molecule has 6 heteroatoms. The molecule has 3 heterocycles. The van der Waals surface area contributed by atoms with Crippen molar-refractivity contribution in [3.63, 3.8) is 0 Å². The van der Waals surface area contributed by atoms with E-state index >= 15 is 0 Å². The van der Waals surface area contributed by atoms with Gasteiger partial charge in [-0.15, -0.1) is 0 Å². The van der Waals surface area contributed by atoms with E-state index in [1.807, 2.05) is 48.5 Å². The van der Waals surface area contributed by atoms with Crippen LogP contribution < -0.4 is 5.46 Å². The van der Waals surface area contributed by atoms with E-state index in [9.17, 15) is 0 Å². The predicted molar refractivity (Wildman–Crippen MR) is 140 cm³/mol. The van der Waals surface area contributed by atoms with E-state index in [2.05, 4.69) is 52.0 Å². The van der Waals surface area contributed by atoms with Crippen LogP contribution in [0.25, 0.3) is 55.3 Å². The van der Waals surface area contributed by atoms with Crippen LogP contribution in [0, 0.1) is 0 Å². The van der Waals surface area contributed by atoms with Gasteiger partial charge in [-0.3, -0.25) is 0 Å². The molecule has 0 N–H and O–H groups in total. The second-order valence-corrected chi connectivity index (χ2v) is 10.3. The van der Waals surface area contributed by atoms with Gasteiger partial charge in [0.05, 0.1) is 16.6 Å². The molecule has 0 aliphatic carbocycles. The first-order chi connectivity index (χ1) is 16.8. The molecular weight excluding hydrogens is 437 g/mol. The molecule has 0 spiro atoms. The van der Waals surface area contributed by atoms with E-state index in [4.69, 9.17) is 23.1 Å². The molecule has 4 aromatic carbocycles. The number of aromatic nitrogens is 1. The zero-order valence-corrected chi connectivity index (χ0v) is 20.1. The summed E-state index contributed by atoms with van der Waals surface area (Å²) in [6.45, 7) is 8.30. The average molecular weight is 461 g/mol. The number of oxazole rings is 1. The van der Waals surface area contributed by atoms with Crippen molar-refractivity contribution in [2.45, 2.75) is 38.9 Å². The molecule has 35 heavy (non-hydrogen) atoms.